The summed E-state index contributed by atoms with van der Waals surface area (Å²) in [5.41, 5.74) is 1.75. The standard InChI is InChI=1S/C23H28ClFN2O2S/c1-3-13-26-23(29)21(4-2)27(14-18-7-5-6-8-20(18)24)22(28)16-30-15-17-9-11-19(25)12-10-17/h5-12,21H,3-4,13-16H2,1-2H3,(H,26,29)/t21-/m0/s1. The van der Waals surface area contributed by atoms with Crippen LogP contribution in [-0.4, -0.2) is 35.1 Å². The predicted molar refractivity (Wildman–Crippen MR) is 122 cm³/mol. The van der Waals surface area contributed by atoms with Crippen molar-refractivity contribution >= 4 is 35.2 Å². The van der Waals surface area contributed by atoms with Crippen molar-refractivity contribution in [2.75, 3.05) is 12.3 Å². The average Bonchev–Trinajstić information content (AvgIpc) is 2.74. The first-order chi connectivity index (χ1) is 14.5. The van der Waals surface area contributed by atoms with Gasteiger partial charge in [0.15, 0.2) is 0 Å². The molecule has 1 atom stereocenters. The molecule has 0 spiro atoms. The third-order valence-corrected chi connectivity index (χ3v) is 6.00. The van der Waals surface area contributed by atoms with Gasteiger partial charge in [-0.2, -0.15) is 0 Å². The van der Waals surface area contributed by atoms with Crippen molar-refractivity contribution in [3.05, 3.63) is 70.5 Å². The maximum atomic E-state index is 13.1. The van der Waals surface area contributed by atoms with E-state index in [0.29, 0.717) is 23.7 Å². The van der Waals surface area contributed by atoms with Crippen molar-refractivity contribution in [3.8, 4) is 0 Å². The van der Waals surface area contributed by atoms with Crippen LogP contribution in [0.1, 0.15) is 37.8 Å². The lowest BCUT2D eigenvalue weighted by Crippen LogP contribution is -2.49. The molecule has 0 aliphatic carbocycles. The van der Waals surface area contributed by atoms with Crippen molar-refractivity contribution in [1.82, 2.24) is 10.2 Å². The normalized spacial score (nSPS) is 11.7. The molecule has 1 N–H and O–H groups in total. The van der Waals surface area contributed by atoms with Crippen LogP contribution in [-0.2, 0) is 21.9 Å². The third kappa shape index (κ3) is 7.33. The molecule has 30 heavy (non-hydrogen) atoms. The molecule has 0 radical (unpaired) electrons. The quantitative estimate of drug-likeness (QED) is 0.521. The Balaban J connectivity index is 2.11. The highest BCUT2D eigenvalue weighted by Crippen LogP contribution is 2.21. The van der Waals surface area contributed by atoms with E-state index in [0.717, 1.165) is 17.5 Å². The van der Waals surface area contributed by atoms with Crippen LogP contribution in [0.15, 0.2) is 48.5 Å². The fraction of sp³-hybridized carbons (Fsp3) is 0.391. The molecule has 0 aliphatic heterocycles. The molecular weight excluding hydrogens is 423 g/mol. The van der Waals surface area contributed by atoms with E-state index in [4.69, 9.17) is 11.6 Å². The molecule has 162 valence electrons. The molecular formula is C23H28ClFN2O2S. The van der Waals surface area contributed by atoms with Gasteiger partial charge in [-0.15, -0.1) is 11.8 Å². The van der Waals surface area contributed by atoms with Gasteiger partial charge in [-0.3, -0.25) is 9.59 Å². The van der Waals surface area contributed by atoms with E-state index in [1.54, 1.807) is 23.1 Å². The Kier molecular flexibility index (Phi) is 10.2. The van der Waals surface area contributed by atoms with Gasteiger partial charge in [-0.1, -0.05) is 55.8 Å². The maximum Gasteiger partial charge on any atom is 0.242 e. The number of halogens is 2. The van der Waals surface area contributed by atoms with Gasteiger partial charge in [0.25, 0.3) is 0 Å². The first kappa shape index (κ1) is 24.2. The van der Waals surface area contributed by atoms with Crippen molar-refractivity contribution < 1.29 is 14.0 Å². The Bertz CT molecular complexity index is 832. The zero-order valence-electron chi connectivity index (χ0n) is 17.4. The molecule has 0 aromatic heterocycles. The first-order valence-electron chi connectivity index (χ1n) is 10.1. The molecule has 2 amide bonds. The van der Waals surface area contributed by atoms with Crippen LogP contribution in [0.25, 0.3) is 0 Å². The summed E-state index contributed by atoms with van der Waals surface area (Å²) in [6, 6.07) is 13.0. The van der Waals surface area contributed by atoms with Gasteiger partial charge in [0.1, 0.15) is 11.9 Å². The van der Waals surface area contributed by atoms with Crippen LogP contribution in [0.2, 0.25) is 5.02 Å². The van der Waals surface area contributed by atoms with Crippen LogP contribution < -0.4 is 5.32 Å². The molecule has 0 heterocycles. The summed E-state index contributed by atoms with van der Waals surface area (Å²) in [5, 5.41) is 3.47. The zero-order chi connectivity index (χ0) is 21.9. The lowest BCUT2D eigenvalue weighted by molar-refractivity contribution is -0.139. The summed E-state index contributed by atoms with van der Waals surface area (Å²) in [6.45, 7) is 4.73. The third-order valence-electron chi connectivity index (χ3n) is 4.64. The van der Waals surface area contributed by atoms with Crippen molar-refractivity contribution in [3.63, 3.8) is 0 Å². The number of thioether (sulfide) groups is 1. The second-order valence-corrected chi connectivity index (χ2v) is 8.34. The summed E-state index contributed by atoms with van der Waals surface area (Å²) in [6.07, 6.45) is 1.34. The summed E-state index contributed by atoms with van der Waals surface area (Å²) in [5.74, 6) is 0.253. The molecule has 4 nitrogen and oxygen atoms in total. The van der Waals surface area contributed by atoms with Crippen LogP contribution in [0, 0.1) is 5.82 Å². The number of nitrogens with zero attached hydrogens (tertiary/aromatic N) is 1. The number of rotatable bonds is 11. The molecule has 0 unspecified atom stereocenters. The van der Waals surface area contributed by atoms with Crippen molar-refractivity contribution in [2.45, 2.75) is 45.0 Å². The van der Waals surface area contributed by atoms with E-state index in [-0.39, 0.29) is 29.9 Å². The van der Waals surface area contributed by atoms with E-state index >= 15 is 0 Å². The number of nitrogens with one attached hydrogen (secondary N) is 1. The van der Waals surface area contributed by atoms with Crippen LogP contribution in [0.4, 0.5) is 4.39 Å². The summed E-state index contributed by atoms with van der Waals surface area (Å²) in [7, 11) is 0. The summed E-state index contributed by atoms with van der Waals surface area (Å²) < 4.78 is 13.1. The van der Waals surface area contributed by atoms with Gasteiger partial charge in [-0.25, -0.2) is 4.39 Å². The van der Waals surface area contributed by atoms with E-state index in [2.05, 4.69) is 5.32 Å². The van der Waals surface area contributed by atoms with Crippen molar-refractivity contribution in [2.24, 2.45) is 0 Å². The minimum atomic E-state index is -0.563. The second kappa shape index (κ2) is 12.6. The molecule has 7 heteroatoms. The van der Waals surface area contributed by atoms with Crippen LogP contribution in [0.3, 0.4) is 0 Å². The minimum absolute atomic E-state index is 0.125. The number of hydrogen-bond acceptors (Lipinski definition) is 3. The van der Waals surface area contributed by atoms with Crippen molar-refractivity contribution in [1.29, 1.82) is 0 Å². The van der Waals surface area contributed by atoms with Gasteiger partial charge in [0, 0.05) is 23.9 Å². The molecule has 0 saturated carbocycles. The van der Waals surface area contributed by atoms with Gasteiger partial charge in [0.2, 0.25) is 11.8 Å². The highest BCUT2D eigenvalue weighted by atomic mass is 35.5. The van der Waals surface area contributed by atoms with Gasteiger partial charge >= 0.3 is 0 Å². The average molecular weight is 451 g/mol. The van der Waals surface area contributed by atoms with Crippen LogP contribution >= 0.6 is 23.4 Å². The highest BCUT2D eigenvalue weighted by Gasteiger charge is 2.28. The largest absolute Gasteiger partial charge is 0.354 e. The first-order valence-corrected chi connectivity index (χ1v) is 11.6. The number of hydrogen-bond donors (Lipinski definition) is 1. The number of benzene rings is 2. The Hall–Kier alpha value is -2.05. The zero-order valence-corrected chi connectivity index (χ0v) is 18.9. The van der Waals surface area contributed by atoms with Crippen LogP contribution in [0.5, 0.6) is 0 Å². The topological polar surface area (TPSA) is 49.4 Å². The molecule has 0 bridgehead atoms. The lowest BCUT2D eigenvalue weighted by Gasteiger charge is -2.31. The summed E-state index contributed by atoms with van der Waals surface area (Å²) in [4.78, 5) is 27.4. The van der Waals surface area contributed by atoms with E-state index in [1.807, 2.05) is 32.0 Å². The van der Waals surface area contributed by atoms with E-state index in [1.165, 1.54) is 23.9 Å². The molecule has 0 fully saturated rings. The Morgan fingerprint density at radius 2 is 1.83 bits per heavy atom. The monoisotopic (exact) mass is 450 g/mol. The Labute approximate surface area is 187 Å². The molecule has 0 aliphatic rings. The van der Waals surface area contributed by atoms with Gasteiger partial charge in [-0.05, 0) is 42.2 Å². The number of carbonyl (C=O) groups excluding carboxylic acids is 2. The van der Waals surface area contributed by atoms with E-state index < -0.39 is 6.04 Å². The van der Waals surface area contributed by atoms with Gasteiger partial charge in [0.05, 0.1) is 5.75 Å². The fourth-order valence-electron chi connectivity index (χ4n) is 3.02. The smallest absolute Gasteiger partial charge is 0.242 e. The van der Waals surface area contributed by atoms with E-state index in [9.17, 15) is 14.0 Å². The molecule has 0 saturated heterocycles. The minimum Gasteiger partial charge on any atom is -0.354 e. The fourth-order valence-corrected chi connectivity index (χ4v) is 4.08. The highest BCUT2D eigenvalue weighted by molar-refractivity contribution is 7.99. The molecule has 2 aromatic rings. The predicted octanol–water partition coefficient (Wildman–Crippen LogP) is 5.05. The lowest BCUT2D eigenvalue weighted by atomic mass is 10.1. The second-order valence-electron chi connectivity index (χ2n) is 6.95. The maximum absolute atomic E-state index is 13.1. The number of amides is 2. The SMILES string of the molecule is CCCNC(=O)[C@H](CC)N(Cc1ccccc1Cl)C(=O)CSCc1ccc(F)cc1. The Morgan fingerprint density at radius 1 is 1.13 bits per heavy atom. The molecule has 2 aromatic carbocycles. The molecule has 2 rings (SSSR count). The Morgan fingerprint density at radius 3 is 2.47 bits per heavy atom. The van der Waals surface area contributed by atoms with Gasteiger partial charge < -0.3 is 10.2 Å². The summed E-state index contributed by atoms with van der Waals surface area (Å²) >= 11 is 7.75. The number of carbonyl (C=O) groups is 2.